The van der Waals surface area contributed by atoms with Crippen molar-refractivity contribution < 1.29 is 9.59 Å². The maximum absolute atomic E-state index is 12.4. The minimum Gasteiger partial charge on any atom is -0.304 e. The van der Waals surface area contributed by atoms with Crippen LogP contribution in [0.2, 0.25) is 0 Å². The number of likely N-dealkylation sites (N-methyl/N-ethyl adjacent to an activating group) is 1. The zero-order chi connectivity index (χ0) is 15.5. The van der Waals surface area contributed by atoms with E-state index >= 15 is 0 Å². The van der Waals surface area contributed by atoms with Crippen molar-refractivity contribution in [1.29, 1.82) is 0 Å². The van der Waals surface area contributed by atoms with Crippen LogP contribution in [0.25, 0.3) is 6.08 Å². The molecule has 0 N–H and O–H groups in total. The number of hydrogen-bond donors (Lipinski definition) is 0. The summed E-state index contributed by atoms with van der Waals surface area (Å²) in [5.41, 5.74) is 0.938. The van der Waals surface area contributed by atoms with Crippen molar-refractivity contribution in [2.75, 3.05) is 39.9 Å². The Morgan fingerprint density at radius 3 is 2.45 bits per heavy atom. The van der Waals surface area contributed by atoms with E-state index in [1.165, 1.54) is 4.90 Å². The van der Waals surface area contributed by atoms with Gasteiger partial charge in [-0.1, -0.05) is 30.3 Å². The van der Waals surface area contributed by atoms with E-state index in [1.807, 2.05) is 30.3 Å². The molecule has 116 valence electrons. The Hall–Kier alpha value is -1.63. The van der Waals surface area contributed by atoms with Gasteiger partial charge in [-0.2, -0.15) is 0 Å². The Bertz CT molecular complexity index is 595. The second-order valence-electron chi connectivity index (χ2n) is 5.58. The maximum Gasteiger partial charge on any atom is 0.294 e. The average molecular weight is 317 g/mol. The maximum atomic E-state index is 12.4. The van der Waals surface area contributed by atoms with Gasteiger partial charge in [-0.25, -0.2) is 0 Å². The first kappa shape index (κ1) is 15.3. The summed E-state index contributed by atoms with van der Waals surface area (Å²) >= 11 is 1.03. The number of carbonyl (C=O) groups excluding carboxylic acids is 2. The SMILES string of the molecule is CN1CCN(CN2C(=O)S/C(=C\c3ccccc3)C2=O)CC1. The monoisotopic (exact) mass is 317 g/mol. The van der Waals surface area contributed by atoms with Crippen LogP contribution in [0.3, 0.4) is 0 Å². The highest BCUT2D eigenvalue weighted by molar-refractivity contribution is 8.18. The van der Waals surface area contributed by atoms with Crippen LogP contribution in [0.4, 0.5) is 4.79 Å². The highest BCUT2D eigenvalue weighted by atomic mass is 32.2. The fraction of sp³-hybridized carbons (Fsp3) is 0.375. The fourth-order valence-corrected chi connectivity index (χ4v) is 3.34. The zero-order valence-electron chi connectivity index (χ0n) is 12.6. The number of nitrogens with zero attached hydrogens (tertiary/aromatic N) is 3. The van der Waals surface area contributed by atoms with Crippen molar-refractivity contribution >= 4 is 29.0 Å². The molecule has 2 aliphatic heterocycles. The van der Waals surface area contributed by atoms with Crippen LogP contribution in [0.15, 0.2) is 35.2 Å². The third-order valence-corrected chi connectivity index (χ3v) is 4.82. The second kappa shape index (κ2) is 6.64. The summed E-state index contributed by atoms with van der Waals surface area (Å²) in [6, 6.07) is 9.61. The van der Waals surface area contributed by atoms with Gasteiger partial charge < -0.3 is 4.90 Å². The third kappa shape index (κ3) is 3.40. The van der Waals surface area contributed by atoms with Crippen LogP contribution in [0.1, 0.15) is 5.56 Å². The molecule has 2 amide bonds. The molecule has 5 nitrogen and oxygen atoms in total. The molecular formula is C16H19N3O2S. The molecule has 22 heavy (non-hydrogen) atoms. The topological polar surface area (TPSA) is 43.9 Å². The molecule has 0 saturated carbocycles. The van der Waals surface area contributed by atoms with Gasteiger partial charge in [0.05, 0.1) is 11.6 Å². The highest BCUT2D eigenvalue weighted by Gasteiger charge is 2.36. The van der Waals surface area contributed by atoms with Gasteiger partial charge in [0.2, 0.25) is 0 Å². The number of thioether (sulfide) groups is 1. The summed E-state index contributed by atoms with van der Waals surface area (Å²) in [6.45, 7) is 4.10. The summed E-state index contributed by atoms with van der Waals surface area (Å²) in [5.74, 6) is -0.183. The van der Waals surface area contributed by atoms with E-state index in [0.717, 1.165) is 43.5 Å². The molecule has 1 aromatic rings. The van der Waals surface area contributed by atoms with E-state index in [9.17, 15) is 9.59 Å². The lowest BCUT2D eigenvalue weighted by Gasteiger charge is -2.33. The van der Waals surface area contributed by atoms with Crippen molar-refractivity contribution in [2.24, 2.45) is 0 Å². The quantitative estimate of drug-likeness (QED) is 0.797. The van der Waals surface area contributed by atoms with E-state index in [4.69, 9.17) is 0 Å². The van der Waals surface area contributed by atoms with E-state index in [1.54, 1.807) is 6.08 Å². The minimum atomic E-state index is -0.183. The molecule has 1 aromatic carbocycles. The summed E-state index contributed by atoms with van der Waals surface area (Å²) in [6.07, 6.45) is 1.79. The minimum absolute atomic E-state index is 0.175. The van der Waals surface area contributed by atoms with Gasteiger partial charge in [0.25, 0.3) is 11.1 Å². The molecule has 2 aliphatic rings. The van der Waals surface area contributed by atoms with E-state index in [-0.39, 0.29) is 11.1 Å². The molecule has 0 unspecified atom stereocenters. The molecule has 0 bridgehead atoms. The number of carbonyl (C=O) groups is 2. The van der Waals surface area contributed by atoms with Crippen LogP contribution in [-0.4, -0.2) is 65.7 Å². The van der Waals surface area contributed by atoms with E-state index in [2.05, 4.69) is 16.8 Å². The standard InChI is InChI=1S/C16H19N3O2S/c1-17-7-9-18(10-8-17)12-19-15(20)14(22-16(19)21)11-13-5-3-2-4-6-13/h2-6,11H,7-10,12H2,1H3/b14-11-. The lowest BCUT2D eigenvalue weighted by Crippen LogP contribution is -2.49. The fourth-order valence-electron chi connectivity index (χ4n) is 2.51. The van der Waals surface area contributed by atoms with Crippen LogP contribution >= 0.6 is 11.8 Å². The normalized spacial score (nSPS) is 22.8. The first-order valence-corrected chi connectivity index (χ1v) is 8.16. The molecule has 2 fully saturated rings. The molecule has 2 saturated heterocycles. The number of rotatable bonds is 3. The molecule has 3 rings (SSSR count). The van der Waals surface area contributed by atoms with Gasteiger partial charge in [0.1, 0.15) is 0 Å². The van der Waals surface area contributed by atoms with Gasteiger partial charge in [0.15, 0.2) is 0 Å². The Morgan fingerprint density at radius 1 is 1.09 bits per heavy atom. The largest absolute Gasteiger partial charge is 0.304 e. The first-order valence-electron chi connectivity index (χ1n) is 7.35. The number of imide groups is 1. The smallest absolute Gasteiger partial charge is 0.294 e. The van der Waals surface area contributed by atoms with E-state index in [0.29, 0.717) is 11.6 Å². The van der Waals surface area contributed by atoms with Crippen LogP contribution < -0.4 is 0 Å². The first-order chi connectivity index (χ1) is 10.6. The molecule has 0 aliphatic carbocycles. The molecule has 2 heterocycles. The lowest BCUT2D eigenvalue weighted by molar-refractivity contribution is -0.124. The predicted octanol–water partition coefficient (Wildman–Crippen LogP) is 1.93. The van der Waals surface area contributed by atoms with Gasteiger partial charge in [0, 0.05) is 26.2 Å². The van der Waals surface area contributed by atoms with Gasteiger partial charge >= 0.3 is 0 Å². The van der Waals surface area contributed by atoms with Crippen LogP contribution in [0, 0.1) is 0 Å². The van der Waals surface area contributed by atoms with E-state index < -0.39 is 0 Å². The number of hydrogen-bond acceptors (Lipinski definition) is 5. The van der Waals surface area contributed by atoms with Crippen LogP contribution in [0.5, 0.6) is 0 Å². The zero-order valence-corrected chi connectivity index (χ0v) is 13.4. The number of benzene rings is 1. The van der Waals surface area contributed by atoms with Crippen molar-refractivity contribution in [3.05, 3.63) is 40.8 Å². The predicted molar refractivity (Wildman–Crippen MR) is 88.2 cm³/mol. The summed E-state index contributed by atoms with van der Waals surface area (Å²) in [5, 5.41) is -0.175. The second-order valence-corrected chi connectivity index (χ2v) is 6.58. The summed E-state index contributed by atoms with van der Waals surface area (Å²) < 4.78 is 0. The highest BCUT2D eigenvalue weighted by Crippen LogP contribution is 2.32. The molecule has 0 atom stereocenters. The lowest BCUT2D eigenvalue weighted by atomic mass is 10.2. The Labute approximate surface area is 134 Å². The molecule has 0 aromatic heterocycles. The molecule has 0 radical (unpaired) electrons. The summed E-state index contributed by atoms with van der Waals surface area (Å²) in [7, 11) is 2.08. The molecule has 0 spiro atoms. The number of piperazine rings is 1. The van der Waals surface area contributed by atoms with Crippen molar-refractivity contribution in [3.63, 3.8) is 0 Å². The van der Waals surface area contributed by atoms with Crippen molar-refractivity contribution in [2.45, 2.75) is 0 Å². The summed E-state index contributed by atoms with van der Waals surface area (Å²) in [4.78, 5) is 30.8. The van der Waals surface area contributed by atoms with Crippen molar-refractivity contribution in [3.8, 4) is 0 Å². The van der Waals surface area contributed by atoms with Gasteiger partial charge in [-0.15, -0.1) is 0 Å². The van der Waals surface area contributed by atoms with Crippen molar-refractivity contribution in [1.82, 2.24) is 14.7 Å². The average Bonchev–Trinajstić information content (AvgIpc) is 2.78. The Morgan fingerprint density at radius 2 is 1.77 bits per heavy atom. The Kier molecular flexibility index (Phi) is 4.61. The molecular weight excluding hydrogens is 298 g/mol. The van der Waals surface area contributed by atoms with Gasteiger partial charge in [-0.05, 0) is 30.4 Å². The van der Waals surface area contributed by atoms with Gasteiger partial charge in [-0.3, -0.25) is 19.4 Å². The molecule has 6 heteroatoms. The van der Waals surface area contributed by atoms with Crippen LogP contribution in [-0.2, 0) is 4.79 Å². The third-order valence-electron chi connectivity index (χ3n) is 3.91. The number of amides is 2. The Balaban J connectivity index is 1.68.